The normalized spacial score (nSPS) is 16.5. The number of carbonyl (C=O) groups is 1. The van der Waals surface area contributed by atoms with E-state index in [9.17, 15) is 4.79 Å². The van der Waals surface area contributed by atoms with Crippen molar-refractivity contribution in [1.82, 2.24) is 5.32 Å². The Balaban J connectivity index is 1.52. The van der Waals surface area contributed by atoms with E-state index in [1.54, 1.807) is 31.4 Å². The molecule has 1 atom stereocenters. The van der Waals surface area contributed by atoms with E-state index in [2.05, 4.69) is 10.6 Å². The number of halogens is 2. The fraction of sp³-hybridized carbons (Fsp3) is 0.160. The summed E-state index contributed by atoms with van der Waals surface area (Å²) in [6.45, 7) is 2.34. The molecule has 0 saturated carbocycles. The third kappa shape index (κ3) is 5.96. The molecule has 1 fully saturated rings. The van der Waals surface area contributed by atoms with Gasteiger partial charge in [-0.05, 0) is 66.6 Å². The summed E-state index contributed by atoms with van der Waals surface area (Å²) >= 11 is 13.7. The van der Waals surface area contributed by atoms with Crippen LogP contribution in [0.1, 0.15) is 16.7 Å². The number of hydrogen-bond donors (Lipinski definition) is 2. The van der Waals surface area contributed by atoms with Crippen LogP contribution in [-0.2, 0) is 11.4 Å². The second-order valence-corrected chi connectivity index (χ2v) is 9.45. The minimum Gasteiger partial charge on any atom is -0.495 e. The van der Waals surface area contributed by atoms with Crippen molar-refractivity contribution in [3.8, 4) is 11.5 Å². The van der Waals surface area contributed by atoms with Gasteiger partial charge in [-0.25, -0.2) is 0 Å². The third-order valence-electron chi connectivity index (χ3n) is 4.91. The van der Waals surface area contributed by atoms with Crippen LogP contribution in [0.25, 0.3) is 6.08 Å². The SMILES string of the molecule is COc1ccc(C)cc1NC1NC(=O)/C(=C/c2cc(Cl)ccc2OCc2cccc(Cl)c2)S1. The largest absolute Gasteiger partial charge is 0.495 e. The van der Waals surface area contributed by atoms with E-state index < -0.39 is 0 Å². The molecular formula is C25H22Cl2N2O3S. The lowest BCUT2D eigenvalue weighted by Gasteiger charge is -2.16. The van der Waals surface area contributed by atoms with E-state index in [1.165, 1.54) is 11.8 Å². The van der Waals surface area contributed by atoms with Crippen molar-refractivity contribution in [2.45, 2.75) is 19.0 Å². The Morgan fingerprint density at radius 3 is 2.64 bits per heavy atom. The lowest BCUT2D eigenvalue weighted by molar-refractivity contribution is -0.116. The summed E-state index contributed by atoms with van der Waals surface area (Å²) in [6.07, 6.45) is 1.79. The molecule has 3 aromatic carbocycles. The zero-order valence-electron chi connectivity index (χ0n) is 18.0. The fourth-order valence-electron chi connectivity index (χ4n) is 3.33. The summed E-state index contributed by atoms with van der Waals surface area (Å²) in [5.74, 6) is 1.15. The molecule has 3 aromatic rings. The lowest BCUT2D eigenvalue weighted by Crippen LogP contribution is -2.31. The van der Waals surface area contributed by atoms with Crippen LogP contribution < -0.4 is 20.1 Å². The minimum atomic E-state index is -0.338. The van der Waals surface area contributed by atoms with E-state index in [0.29, 0.717) is 33.1 Å². The van der Waals surface area contributed by atoms with E-state index in [-0.39, 0.29) is 11.4 Å². The Bertz CT molecular complexity index is 1220. The fourth-order valence-corrected chi connectivity index (χ4v) is 4.69. The number of benzene rings is 3. The van der Waals surface area contributed by atoms with Crippen molar-refractivity contribution in [2.75, 3.05) is 12.4 Å². The summed E-state index contributed by atoms with van der Waals surface area (Å²) in [4.78, 5) is 13.2. The molecule has 0 aromatic heterocycles. The molecule has 1 aliphatic heterocycles. The first kappa shape index (κ1) is 23.4. The second kappa shape index (κ2) is 10.4. The van der Waals surface area contributed by atoms with Crippen LogP contribution in [0.15, 0.2) is 65.6 Å². The Kier molecular flexibility index (Phi) is 7.38. The minimum absolute atomic E-state index is 0.176. The molecule has 0 bridgehead atoms. The molecule has 1 saturated heterocycles. The predicted molar refractivity (Wildman–Crippen MR) is 136 cm³/mol. The van der Waals surface area contributed by atoms with Gasteiger partial charge in [-0.3, -0.25) is 4.79 Å². The van der Waals surface area contributed by atoms with E-state index in [0.717, 1.165) is 22.4 Å². The molecule has 170 valence electrons. The first-order valence-electron chi connectivity index (χ1n) is 10.2. The van der Waals surface area contributed by atoms with E-state index in [1.807, 2.05) is 49.4 Å². The van der Waals surface area contributed by atoms with Crippen LogP contribution in [0.2, 0.25) is 10.0 Å². The molecule has 0 spiro atoms. The van der Waals surface area contributed by atoms with Crippen molar-refractivity contribution < 1.29 is 14.3 Å². The smallest absolute Gasteiger partial charge is 0.260 e. The van der Waals surface area contributed by atoms with Gasteiger partial charge in [0.05, 0.1) is 17.7 Å². The molecule has 0 radical (unpaired) electrons. The van der Waals surface area contributed by atoms with Crippen LogP contribution in [0.4, 0.5) is 5.69 Å². The van der Waals surface area contributed by atoms with Gasteiger partial charge in [-0.15, -0.1) is 0 Å². The standard InChI is InChI=1S/C25H22Cl2N2O3S/c1-15-6-8-22(31-2)20(10-15)28-25-29-24(30)23(33-25)13-17-12-19(27)7-9-21(17)32-14-16-4-3-5-18(26)11-16/h3-13,25,28H,14H2,1-2H3,(H,29,30)/b23-13-. The number of rotatable bonds is 7. The first-order valence-corrected chi connectivity index (χ1v) is 11.8. The van der Waals surface area contributed by atoms with Gasteiger partial charge >= 0.3 is 0 Å². The van der Waals surface area contributed by atoms with E-state index in [4.69, 9.17) is 32.7 Å². The summed E-state index contributed by atoms with van der Waals surface area (Å²) in [5.41, 5.74) is 3.22. The van der Waals surface area contributed by atoms with Crippen molar-refractivity contribution >= 4 is 52.6 Å². The summed E-state index contributed by atoms with van der Waals surface area (Å²) in [6, 6.07) is 18.7. The molecule has 1 aliphatic rings. The average Bonchev–Trinajstić information content (AvgIpc) is 3.12. The van der Waals surface area contributed by atoms with Crippen molar-refractivity contribution in [3.05, 3.63) is 92.3 Å². The van der Waals surface area contributed by atoms with E-state index >= 15 is 0 Å². The topological polar surface area (TPSA) is 59.6 Å². The molecule has 33 heavy (non-hydrogen) atoms. The zero-order chi connectivity index (χ0) is 23.4. The molecule has 4 rings (SSSR count). The molecule has 8 heteroatoms. The van der Waals surface area contributed by atoms with Crippen LogP contribution in [-0.4, -0.2) is 18.5 Å². The van der Waals surface area contributed by atoms with Crippen LogP contribution in [0.3, 0.4) is 0 Å². The van der Waals surface area contributed by atoms with Crippen LogP contribution in [0, 0.1) is 6.92 Å². The first-order chi connectivity index (χ1) is 15.9. The highest BCUT2D eigenvalue weighted by molar-refractivity contribution is 8.05. The van der Waals surface area contributed by atoms with Gasteiger partial charge in [0.15, 0.2) is 5.50 Å². The number of thioether (sulfide) groups is 1. The molecule has 0 aliphatic carbocycles. The lowest BCUT2D eigenvalue weighted by atomic mass is 10.1. The highest BCUT2D eigenvalue weighted by Crippen LogP contribution is 2.35. The molecule has 5 nitrogen and oxygen atoms in total. The maximum Gasteiger partial charge on any atom is 0.260 e. The van der Waals surface area contributed by atoms with Gasteiger partial charge in [0.1, 0.15) is 18.1 Å². The highest BCUT2D eigenvalue weighted by Gasteiger charge is 2.28. The summed E-state index contributed by atoms with van der Waals surface area (Å²) < 4.78 is 11.4. The number of hydrogen-bond acceptors (Lipinski definition) is 5. The molecule has 1 unspecified atom stereocenters. The maximum absolute atomic E-state index is 12.7. The van der Waals surface area contributed by atoms with Gasteiger partial charge in [0.2, 0.25) is 0 Å². The Hall–Kier alpha value is -2.80. The zero-order valence-corrected chi connectivity index (χ0v) is 20.4. The molecule has 2 N–H and O–H groups in total. The Morgan fingerprint density at radius 2 is 1.85 bits per heavy atom. The highest BCUT2D eigenvalue weighted by atomic mass is 35.5. The number of carbonyl (C=O) groups excluding carboxylic acids is 1. The van der Waals surface area contributed by atoms with Crippen LogP contribution >= 0.6 is 35.0 Å². The average molecular weight is 501 g/mol. The number of methoxy groups -OCH3 is 1. The number of anilines is 1. The Morgan fingerprint density at radius 1 is 1.06 bits per heavy atom. The second-order valence-electron chi connectivity index (χ2n) is 7.43. The van der Waals surface area contributed by atoms with Crippen molar-refractivity contribution in [3.63, 3.8) is 0 Å². The van der Waals surface area contributed by atoms with Crippen molar-refractivity contribution in [1.29, 1.82) is 0 Å². The monoisotopic (exact) mass is 500 g/mol. The molecule has 1 heterocycles. The van der Waals surface area contributed by atoms with Gasteiger partial charge in [-0.1, -0.05) is 53.2 Å². The maximum atomic E-state index is 12.7. The van der Waals surface area contributed by atoms with Gasteiger partial charge in [0, 0.05) is 15.6 Å². The number of nitrogens with one attached hydrogen (secondary N) is 2. The molecular weight excluding hydrogens is 479 g/mol. The van der Waals surface area contributed by atoms with Crippen molar-refractivity contribution in [2.24, 2.45) is 0 Å². The van der Waals surface area contributed by atoms with Gasteiger partial charge < -0.3 is 20.1 Å². The Labute approximate surface area is 207 Å². The molecule has 1 amide bonds. The number of aryl methyl sites for hydroxylation is 1. The van der Waals surface area contributed by atoms with Gasteiger partial charge in [-0.2, -0.15) is 0 Å². The van der Waals surface area contributed by atoms with Crippen LogP contribution in [0.5, 0.6) is 11.5 Å². The summed E-state index contributed by atoms with van der Waals surface area (Å²) in [7, 11) is 1.62. The quantitative estimate of drug-likeness (QED) is 0.363. The third-order valence-corrected chi connectivity index (χ3v) is 6.41. The van der Waals surface area contributed by atoms with Gasteiger partial charge in [0.25, 0.3) is 5.91 Å². The predicted octanol–water partition coefficient (Wildman–Crippen LogP) is 6.49. The number of ether oxygens (including phenoxy) is 2. The summed E-state index contributed by atoms with van der Waals surface area (Å²) in [5, 5.41) is 7.47. The number of amides is 1.